The molecule has 1 heteroatoms. The zero-order valence-electron chi connectivity index (χ0n) is 10.4. The second-order valence-electron chi connectivity index (χ2n) is 4.24. The molecule has 1 unspecified atom stereocenters. The zero-order chi connectivity index (χ0) is 11.5. The molecule has 0 fully saturated rings. The van der Waals surface area contributed by atoms with Crippen LogP contribution in [-0.2, 0) is 0 Å². The highest BCUT2D eigenvalue weighted by Gasteiger charge is 1.91. The second kappa shape index (κ2) is 9.72. The molecule has 0 heterocycles. The maximum atomic E-state index is 5.41. The molecule has 15 heavy (non-hydrogen) atoms. The van der Waals surface area contributed by atoms with Crippen LogP contribution < -0.4 is 5.73 Å². The Labute approximate surface area is 94.8 Å². The Morgan fingerprint density at radius 2 is 2.00 bits per heavy atom. The van der Waals surface area contributed by atoms with E-state index in [2.05, 4.69) is 51.2 Å². The van der Waals surface area contributed by atoms with Crippen LogP contribution >= 0.6 is 0 Å². The van der Waals surface area contributed by atoms with Crippen molar-refractivity contribution in [2.45, 2.75) is 40.0 Å². The van der Waals surface area contributed by atoms with Gasteiger partial charge in [-0.25, -0.2) is 0 Å². The molecular weight excluding hydrogens is 182 g/mol. The van der Waals surface area contributed by atoms with Crippen LogP contribution in [-0.4, -0.2) is 6.54 Å². The fraction of sp³-hybridized carbons (Fsp3) is 0.571. The average molecular weight is 207 g/mol. The lowest BCUT2D eigenvalue weighted by molar-refractivity contribution is 0.739. The van der Waals surface area contributed by atoms with E-state index in [4.69, 9.17) is 5.73 Å². The van der Waals surface area contributed by atoms with Crippen molar-refractivity contribution >= 4 is 0 Å². The molecule has 86 valence electrons. The molecular formula is C14H25N. The van der Waals surface area contributed by atoms with Crippen LogP contribution in [0.5, 0.6) is 0 Å². The largest absolute Gasteiger partial charge is 0.330 e. The molecule has 0 radical (unpaired) electrons. The summed E-state index contributed by atoms with van der Waals surface area (Å²) in [6, 6.07) is 0. The Kier molecular flexibility index (Phi) is 9.19. The van der Waals surface area contributed by atoms with Crippen LogP contribution in [0.3, 0.4) is 0 Å². The Hall–Kier alpha value is -0.820. The van der Waals surface area contributed by atoms with Crippen molar-refractivity contribution < 1.29 is 0 Å². The zero-order valence-corrected chi connectivity index (χ0v) is 10.4. The molecule has 0 aromatic heterocycles. The molecule has 0 aromatic carbocycles. The molecule has 0 spiro atoms. The van der Waals surface area contributed by atoms with Crippen molar-refractivity contribution in [1.82, 2.24) is 0 Å². The Balaban J connectivity index is 3.65. The third-order valence-electron chi connectivity index (χ3n) is 2.12. The van der Waals surface area contributed by atoms with Crippen molar-refractivity contribution in [2.75, 3.05) is 6.54 Å². The van der Waals surface area contributed by atoms with Gasteiger partial charge in [0.25, 0.3) is 0 Å². The monoisotopic (exact) mass is 207 g/mol. The summed E-state index contributed by atoms with van der Waals surface area (Å²) < 4.78 is 0. The van der Waals surface area contributed by atoms with Gasteiger partial charge in [-0.1, -0.05) is 42.9 Å². The number of unbranched alkanes of at least 4 members (excludes halogenated alkanes) is 1. The number of allylic oxidation sites excluding steroid dienone is 6. The first-order valence-corrected chi connectivity index (χ1v) is 5.83. The van der Waals surface area contributed by atoms with Crippen LogP contribution in [0, 0.1) is 5.92 Å². The van der Waals surface area contributed by atoms with Crippen molar-refractivity contribution in [3.8, 4) is 0 Å². The van der Waals surface area contributed by atoms with Crippen LogP contribution in [0.25, 0.3) is 0 Å². The third kappa shape index (κ3) is 11.1. The minimum absolute atomic E-state index is 0.620. The number of nitrogens with two attached hydrogens (primary N) is 1. The summed E-state index contributed by atoms with van der Waals surface area (Å²) in [5.41, 5.74) is 6.76. The number of rotatable bonds is 7. The topological polar surface area (TPSA) is 26.0 Å². The molecule has 0 aromatic rings. The van der Waals surface area contributed by atoms with E-state index in [0.717, 1.165) is 25.8 Å². The predicted molar refractivity (Wildman–Crippen MR) is 69.8 cm³/mol. The van der Waals surface area contributed by atoms with E-state index in [-0.39, 0.29) is 0 Å². The number of hydrogen-bond acceptors (Lipinski definition) is 1. The minimum atomic E-state index is 0.620. The summed E-state index contributed by atoms with van der Waals surface area (Å²) in [6.07, 6.45) is 14.4. The summed E-state index contributed by atoms with van der Waals surface area (Å²) in [7, 11) is 0. The SMILES string of the molecule is CC(C)=C/C=C\C(C)C/C=C/CCCN. The Bertz CT molecular complexity index is 219. The first-order valence-electron chi connectivity index (χ1n) is 5.83. The molecule has 1 atom stereocenters. The van der Waals surface area contributed by atoms with Crippen LogP contribution in [0.4, 0.5) is 0 Å². The summed E-state index contributed by atoms with van der Waals surface area (Å²) >= 11 is 0. The fourth-order valence-electron chi connectivity index (χ4n) is 1.18. The first-order chi connectivity index (χ1) is 7.16. The van der Waals surface area contributed by atoms with E-state index < -0.39 is 0 Å². The van der Waals surface area contributed by atoms with E-state index in [9.17, 15) is 0 Å². The van der Waals surface area contributed by atoms with Crippen molar-refractivity contribution in [3.63, 3.8) is 0 Å². The van der Waals surface area contributed by atoms with Gasteiger partial charge in [0, 0.05) is 0 Å². The molecule has 0 aliphatic carbocycles. The average Bonchev–Trinajstić information content (AvgIpc) is 2.17. The molecule has 0 bridgehead atoms. The van der Waals surface area contributed by atoms with Crippen LogP contribution in [0.15, 0.2) is 36.0 Å². The van der Waals surface area contributed by atoms with E-state index in [0.29, 0.717) is 5.92 Å². The molecule has 0 aliphatic heterocycles. The van der Waals surface area contributed by atoms with Gasteiger partial charge in [0.15, 0.2) is 0 Å². The third-order valence-corrected chi connectivity index (χ3v) is 2.12. The van der Waals surface area contributed by atoms with Gasteiger partial charge in [-0.05, 0) is 45.6 Å². The fourth-order valence-corrected chi connectivity index (χ4v) is 1.18. The van der Waals surface area contributed by atoms with Crippen LogP contribution in [0.1, 0.15) is 40.0 Å². The summed E-state index contributed by atoms with van der Waals surface area (Å²) in [5, 5.41) is 0. The minimum Gasteiger partial charge on any atom is -0.330 e. The van der Waals surface area contributed by atoms with Gasteiger partial charge in [-0.15, -0.1) is 0 Å². The molecule has 2 N–H and O–H groups in total. The molecule has 0 saturated heterocycles. The normalized spacial score (nSPS) is 13.6. The highest BCUT2D eigenvalue weighted by molar-refractivity contribution is 5.09. The smallest absolute Gasteiger partial charge is 0.00743 e. The lowest BCUT2D eigenvalue weighted by atomic mass is 10.1. The van der Waals surface area contributed by atoms with Crippen LogP contribution in [0.2, 0.25) is 0 Å². The van der Waals surface area contributed by atoms with Gasteiger partial charge in [0.1, 0.15) is 0 Å². The number of hydrogen-bond donors (Lipinski definition) is 1. The molecule has 0 saturated carbocycles. The summed E-state index contributed by atoms with van der Waals surface area (Å²) in [6.45, 7) is 7.26. The lowest BCUT2D eigenvalue weighted by Crippen LogP contribution is -1.96. The van der Waals surface area contributed by atoms with Gasteiger partial charge in [0.05, 0.1) is 0 Å². The van der Waals surface area contributed by atoms with E-state index >= 15 is 0 Å². The first kappa shape index (κ1) is 14.2. The van der Waals surface area contributed by atoms with Gasteiger partial charge in [-0.3, -0.25) is 0 Å². The van der Waals surface area contributed by atoms with E-state index in [1.165, 1.54) is 5.57 Å². The van der Waals surface area contributed by atoms with Crippen molar-refractivity contribution in [1.29, 1.82) is 0 Å². The molecule has 0 rings (SSSR count). The maximum Gasteiger partial charge on any atom is -0.00743 e. The van der Waals surface area contributed by atoms with Gasteiger partial charge in [-0.2, -0.15) is 0 Å². The van der Waals surface area contributed by atoms with E-state index in [1.54, 1.807) is 0 Å². The lowest BCUT2D eigenvalue weighted by Gasteiger charge is -1.99. The summed E-state index contributed by atoms with van der Waals surface area (Å²) in [5.74, 6) is 0.620. The highest BCUT2D eigenvalue weighted by atomic mass is 14.5. The molecule has 0 aliphatic rings. The standard InChI is InChI=1S/C14H25N/c1-13(2)9-8-11-14(3)10-6-4-5-7-12-15/h4,6,8-9,11,14H,5,7,10,12,15H2,1-3H3/b6-4+,11-8-. The molecule has 1 nitrogen and oxygen atoms in total. The highest BCUT2D eigenvalue weighted by Crippen LogP contribution is 2.06. The van der Waals surface area contributed by atoms with Gasteiger partial charge >= 0.3 is 0 Å². The second-order valence-corrected chi connectivity index (χ2v) is 4.24. The Morgan fingerprint density at radius 1 is 1.27 bits per heavy atom. The van der Waals surface area contributed by atoms with Crippen molar-refractivity contribution in [2.24, 2.45) is 11.7 Å². The van der Waals surface area contributed by atoms with E-state index in [1.807, 2.05) is 0 Å². The predicted octanol–water partition coefficient (Wildman–Crippen LogP) is 3.83. The summed E-state index contributed by atoms with van der Waals surface area (Å²) in [4.78, 5) is 0. The van der Waals surface area contributed by atoms with Gasteiger partial charge in [0.2, 0.25) is 0 Å². The quantitative estimate of drug-likeness (QED) is 0.383. The Morgan fingerprint density at radius 3 is 2.60 bits per heavy atom. The maximum absolute atomic E-state index is 5.41. The van der Waals surface area contributed by atoms with Gasteiger partial charge < -0.3 is 5.73 Å². The van der Waals surface area contributed by atoms with Crippen molar-refractivity contribution in [3.05, 3.63) is 36.0 Å². The molecule has 0 amide bonds.